The summed E-state index contributed by atoms with van der Waals surface area (Å²) < 4.78 is 11.1. The zero-order valence-electron chi connectivity index (χ0n) is 20.4. The van der Waals surface area contributed by atoms with Gasteiger partial charge >= 0.3 is 5.97 Å². The van der Waals surface area contributed by atoms with Gasteiger partial charge in [0.2, 0.25) is 5.78 Å². The maximum atomic E-state index is 13.5. The number of nitrogens with one attached hydrogen (secondary N) is 1. The second kappa shape index (κ2) is 9.41. The van der Waals surface area contributed by atoms with Crippen molar-refractivity contribution in [1.29, 1.82) is 0 Å². The number of benzene rings is 1. The van der Waals surface area contributed by atoms with Crippen LogP contribution in [0.1, 0.15) is 79.2 Å². The van der Waals surface area contributed by atoms with Gasteiger partial charge in [-0.3, -0.25) is 9.59 Å². The molecular weight excluding hydrogens is 456 g/mol. The first-order valence-electron chi connectivity index (χ1n) is 11.9. The van der Waals surface area contributed by atoms with Gasteiger partial charge in [0.05, 0.1) is 28.7 Å². The van der Waals surface area contributed by atoms with Crippen LogP contribution in [0.15, 0.2) is 47.1 Å². The summed E-state index contributed by atoms with van der Waals surface area (Å²) in [5, 5.41) is 0.693. The summed E-state index contributed by atoms with van der Waals surface area (Å²) in [6.07, 6.45) is 5.93. The molecule has 0 saturated heterocycles. The number of nitrogens with zero attached hydrogens (tertiary/aromatic N) is 1. The molecule has 0 spiro atoms. The monoisotopic (exact) mass is 482 g/mol. The molecule has 0 aliphatic heterocycles. The van der Waals surface area contributed by atoms with E-state index in [-0.39, 0.29) is 17.3 Å². The molecule has 1 aromatic carbocycles. The first-order valence-corrected chi connectivity index (χ1v) is 11.9. The third-order valence-corrected chi connectivity index (χ3v) is 6.64. The Morgan fingerprint density at radius 2 is 1.89 bits per heavy atom. The lowest BCUT2D eigenvalue weighted by Gasteiger charge is -2.22. The van der Waals surface area contributed by atoms with E-state index in [1.807, 2.05) is 42.5 Å². The molecule has 182 valence electrons. The van der Waals surface area contributed by atoms with Gasteiger partial charge in [-0.2, -0.15) is 0 Å². The number of carbonyl (C=O) groups excluding carboxylic acids is 3. The standard InChI is InChI=1S/C29H26N2O5/c1-16-25(18(3)32)17(2)30-27(16)24(33)15-36-29(34)26-21-10-4-5-12-23(21)31-28-19(8-6-11-22(26)28)14-20-9-7-13-35-20/h4-5,7,9-10,12-14,30H,6,8,11,15H2,1-3H3. The molecule has 0 unspecified atom stereocenters. The van der Waals surface area contributed by atoms with E-state index in [0.29, 0.717) is 39.7 Å². The zero-order chi connectivity index (χ0) is 25.4. The van der Waals surface area contributed by atoms with Gasteiger partial charge in [-0.25, -0.2) is 9.78 Å². The highest BCUT2D eigenvalue weighted by molar-refractivity contribution is 6.08. The Morgan fingerprint density at radius 1 is 1.08 bits per heavy atom. The summed E-state index contributed by atoms with van der Waals surface area (Å²) in [5.74, 6) is -0.345. The van der Waals surface area contributed by atoms with Crippen LogP contribution in [0.3, 0.4) is 0 Å². The molecule has 1 aliphatic rings. The zero-order valence-corrected chi connectivity index (χ0v) is 20.4. The van der Waals surface area contributed by atoms with Crippen LogP contribution >= 0.6 is 0 Å². The van der Waals surface area contributed by atoms with E-state index < -0.39 is 12.6 Å². The SMILES string of the molecule is CC(=O)c1c(C)[nH]c(C(=O)COC(=O)c2c3c(nc4ccccc24)C(=Cc2ccco2)CCC3)c1C. The van der Waals surface area contributed by atoms with Gasteiger partial charge in [0, 0.05) is 16.6 Å². The Balaban J connectivity index is 1.50. The number of rotatable bonds is 6. The van der Waals surface area contributed by atoms with E-state index in [4.69, 9.17) is 14.1 Å². The number of pyridine rings is 1. The van der Waals surface area contributed by atoms with E-state index in [1.165, 1.54) is 6.92 Å². The maximum Gasteiger partial charge on any atom is 0.339 e. The molecule has 36 heavy (non-hydrogen) atoms. The highest BCUT2D eigenvalue weighted by atomic mass is 16.5. The molecule has 0 bridgehead atoms. The van der Waals surface area contributed by atoms with Crippen molar-refractivity contribution in [3.05, 3.63) is 87.8 Å². The number of hydrogen-bond acceptors (Lipinski definition) is 6. The molecular formula is C29H26N2O5. The average Bonchev–Trinajstić information content (AvgIpc) is 3.48. The van der Waals surface area contributed by atoms with E-state index >= 15 is 0 Å². The summed E-state index contributed by atoms with van der Waals surface area (Å²) in [7, 11) is 0. The van der Waals surface area contributed by atoms with Crippen LogP contribution in [0.5, 0.6) is 0 Å². The fourth-order valence-electron chi connectivity index (χ4n) is 5.09. The summed E-state index contributed by atoms with van der Waals surface area (Å²) in [6, 6.07) is 11.2. The number of furan rings is 1. The molecule has 0 saturated carbocycles. The number of ether oxygens (including phenoxy) is 1. The summed E-state index contributed by atoms with van der Waals surface area (Å²) >= 11 is 0. The Morgan fingerprint density at radius 3 is 2.61 bits per heavy atom. The van der Waals surface area contributed by atoms with Crippen LogP contribution in [0, 0.1) is 13.8 Å². The molecule has 5 rings (SSSR count). The van der Waals surface area contributed by atoms with Crippen LogP contribution in [-0.4, -0.2) is 34.1 Å². The molecule has 3 aromatic heterocycles. The number of Topliss-reactive ketones (excluding diaryl/α,β-unsaturated/α-hetero) is 2. The van der Waals surface area contributed by atoms with E-state index in [0.717, 1.165) is 35.4 Å². The van der Waals surface area contributed by atoms with E-state index in [9.17, 15) is 14.4 Å². The Kier molecular flexibility index (Phi) is 6.14. The molecule has 0 amide bonds. The van der Waals surface area contributed by atoms with Crippen molar-refractivity contribution in [3.8, 4) is 0 Å². The number of aryl methyl sites for hydroxylation is 1. The second-order valence-corrected chi connectivity index (χ2v) is 9.05. The molecule has 4 aromatic rings. The molecule has 0 radical (unpaired) electrons. The van der Waals surface area contributed by atoms with Crippen LogP contribution in [0.4, 0.5) is 0 Å². The van der Waals surface area contributed by atoms with Crippen molar-refractivity contribution in [2.45, 2.75) is 40.0 Å². The number of hydrogen-bond donors (Lipinski definition) is 1. The van der Waals surface area contributed by atoms with Gasteiger partial charge in [0.1, 0.15) is 5.76 Å². The number of fused-ring (bicyclic) bond motifs is 2. The number of aromatic amines is 1. The first-order chi connectivity index (χ1) is 17.3. The maximum absolute atomic E-state index is 13.5. The smallest absolute Gasteiger partial charge is 0.339 e. The van der Waals surface area contributed by atoms with Crippen molar-refractivity contribution in [2.24, 2.45) is 0 Å². The minimum absolute atomic E-state index is 0.120. The third kappa shape index (κ3) is 4.17. The van der Waals surface area contributed by atoms with E-state index in [1.54, 1.807) is 20.1 Å². The van der Waals surface area contributed by atoms with Crippen LogP contribution in [0.2, 0.25) is 0 Å². The lowest BCUT2D eigenvalue weighted by atomic mass is 9.86. The molecule has 1 N–H and O–H groups in total. The normalized spacial score (nSPS) is 14.1. The van der Waals surface area contributed by atoms with Gasteiger partial charge < -0.3 is 14.1 Å². The molecule has 7 heteroatoms. The van der Waals surface area contributed by atoms with Gasteiger partial charge in [-0.1, -0.05) is 18.2 Å². The summed E-state index contributed by atoms with van der Waals surface area (Å²) in [6.45, 7) is 4.49. The second-order valence-electron chi connectivity index (χ2n) is 9.05. The lowest BCUT2D eigenvalue weighted by molar-refractivity contribution is 0.0474. The van der Waals surface area contributed by atoms with Crippen molar-refractivity contribution in [3.63, 3.8) is 0 Å². The predicted octanol–water partition coefficient (Wildman–Crippen LogP) is 5.89. The molecule has 0 atom stereocenters. The van der Waals surface area contributed by atoms with Gasteiger partial charge in [-0.05, 0) is 81.0 Å². The van der Waals surface area contributed by atoms with Crippen molar-refractivity contribution in [2.75, 3.05) is 6.61 Å². The van der Waals surface area contributed by atoms with Gasteiger partial charge in [0.25, 0.3) is 0 Å². The lowest BCUT2D eigenvalue weighted by Crippen LogP contribution is -2.19. The number of carbonyl (C=O) groups is 3. The number of para-hydroxylation sites is 1. The molecule has 7 nitrogen and oxygen atoms in total. The van der Waals surface area contributed by atoms with Crippen molar-refractivity contribution < 1.29 is 23.5 Å². The summed E-state index contributed by atoms with van der Waals surface area (Å²) in [4.78, 5) is 46.2. The van der Waals surface area contributed by atoms with Gasteiger partial charge in [-0.15, -0.1) is 0 Å². The Labute approximate surface area is 208 Å². The first kappa shape index (κ1) is 23.5. The average molecular weight is 483 g/mol. The predicted molar refractivity (Wildman–Crippen MR) is 136 cm³/mol. The van der Waals surface area contributed by atoms with Crippen LogP contribution in [-0.2, 0) is 11.2 Å². The van der Waals surface area contributed by atoms with E-state index in [2.05, 4.69) is 4.98 Å². The number of ketones is 2. The van der Waals surface area contributed by atoms with Crippen molar-refractivity contribution in [1.82, 2.24) is 9.97 Å². The fraction of sp³-hybridized carbons (Fsp3) is 0.241. The highest BCUT2D eigenvalue weighted by Crippen LogP contribution is 2.36. The molecule has 3 heterocycles. The largest absolute Gasteiger partial charge is 0.465 e. The Bertz CT molecular complexity index is 1540. The number of H-pyrrole nitrogens is 1. The Hall–Kier alpha value is -4.26. The number of allylic oxidation sites excluding steroid dienone is 1. The number of esters is 1. The minimum Gasteiger partial charge on any atom is -0.465 e. The number of aromatic nitrogens is 2. The molecule has 1 aliphatic carbocycles. The minimum atomic E-state index is -0.565. The van der Waals surface area contributed by atoms with Gasteiger partial charge in [0.15, 0.2) is 12.4 Å². The molecule has 0 fully saturated rings. The highest BCUT2D eigenvalue weighted by Gasteiger charge is 2.27. The summed E-state index contributed by atoms with van der Waals surface area (Å²) in [5.41, 5.74) is 5.68. The van der Waals surface area contributed by atoms with Crippen molar-refractivity contribution >= 4 is 40.1 Å². The third-order valence-electron chi connectivity index (χ3n) is 6.64. The fourth-order valence-corrected chi connectivity index (χ4v) is 5.09. The van der Waals surface area contributed by atoms with Crippen LogP contribution in [0.25, 0.3) is 22.6 Å². The van der Waals surface area contributed by atoms with Crippen LogP contribution < -0.4 is 0 Å². The quantitative estimate of drug-likeness (QED) is 0.271. The topological polar surface area (TPSA) is 102 Å².